The summed E-state index contributed by atoms with van der Waals surface area (Å²) >= 11 is 0. The van der Waals surface area contributed by atoms with Crippen molar-refractivity contribution in [2.45, 2.75) is 6.92 Å². The van der Waals surface area contributed by atoms with Crippen LogP contribution < -0.4 is 14.5 Å². The Morgan fingerprint density at radius 2 is 1.59 bits per heavy atom. The Labute approximate surface area is 194 Å². The number of hydrogen-bond donors (Lipinski definition) is 0. The van der Waals surface area contributed by atoms with Crippen LogP contribution in [0.4, 0.5) is 11.4 Å². The Morgan fingerprint density at radius 3 is 2.18 bits per heavy atom. The lowest BCUT2D eigenvalue weighted by atomic mass is 10.1. The molecule has 3 aromatic carbocycles. The summed E-state index contributed by atoms with van der Waals surface area (Å²) in [6.07, 6.45) is 1.68. The van der Waals surface area contributed by atoms with Crippen molar-refractivity contribution in [1.82, 2.24) is 0 Å². The average Bonchev–Trinajstić information content (AvgIpc) is 3.13. The normalized spacial score (nSPS) is 14.2. The first-order valence-corrected chi connectivity index (χ1v) is 10.2. The smallest absolute Gasteiger partial charge is 0.343 e. The van der Waals surface area contributed by atoms with Crippen LogP contribution >= 0.6 is 0 Å². The summed E-state index contributed by atoms with van der Waals surface area (Å²) in [6.45, 7) is 1.71. The molecule has 0 N–H and O–H groups in total. The van der Waals surface area contributed by atoms with Gasteiger partial charge in [0.15, 0.2) is 0 Å². The van der Waals surface area contributed by atoms with Crippen LogP contribution in [-0.2, 0) is 4.79 Å². The molecule has 0 aromatic heterocycles. The van der Waals surface area contributed by atoms with E-state index in [9.17, 15) is 19.7 Å². The molecule has 170 valence electrons. The molecule has 0 radical (unpaired) electrons. The number of benzene rings is 3. The number of hydrazone groups is 1. The van der Waals surface area contributed by atoms with E-state index in [1.54, 1.807) is 68.6 Å². The largest absolute Gasteiger partial charge is 0.497 e. The maximum Gasteiger partial charge on any atom is 0.343 e. The van der Waals surface area contributed by atoms with Gasteiger partial charge in [0.2, 0.25) is 0 Å². The van der Waals surface area contributed by atoms with Crippen molar-refractivity contribution in [3.63, 3.8) is 0 Å². The zero-order chi connectivity index (χ0) is 24.2. The molecule has 9 nitrogen and oxygen atoms in total. The molecule has 0 saturated carbocycles. The number of non-ortho nitro benzene ring substituents is 1. The number of nitro groups is 1. The summed E-state index contributed by atoms with van der Waals surface area (Å²) in [4.78, 5) is 35.5. The van der Waals surface area contributed by atoms with Crippen LogP contribution in [0.2, 0.25) is 0 Å². The molecule has 0 saturated heterocycles. The topological polar surface area (TPSA) is 111 Å². The van der Waals surface area contributed by atoms with E-state index < -0.39 is 10.9 Å². The summed E-state index contributed by atoms with van der Waals surface area (Å²) in [5.74, 6) is 0.155. The Hall–Kier alpha value is -4.79. The zero-order valence-corrected chi connectivity index (χ0v) is 18.3. The minimum atomic E-state index is -0.507. The van der Waals surface area contributed by atoms with Gasteiger partial charge in [0, 0.05) is 12.1 Å². The molecule has 3 aromatic rings. The van der Waals surface area contributed by atoms with Crippen LogP contribution in [0.3, 0.4) is 0 Å². The molecule has 9 heteroatoms. The van der Waals surface area contributed by atoms with Crippen LogP contribution in [0, 0.1) is 10.1 Å². The molecule has 0 atom stereocenters. The predicted octanol–water partition coefficient (Wildman–Crippen LogP) is 4.63. The summed E-state index contributed by atoms with van der Waals surface area (Å²) in [6, 6.07) is 18.9. The Balaban J connectivity index is 1.46. The summed E-state index contributed by atoms with van der Waals surface area (Å²) < 4.78 is 10.5. The second-order valence-corrected chi connectivity index (χ2v) is 7.32. The van der Waals surface area contributed by atoms with Crippen molar-refractivity contribution < 1.29 is 24.0 Å². The van der Waals surface area contributed by atoms with Crippen molar-refractivity contribution in [2.75, 3.05) is 12.1 Å². The Bertz CT molecular complexity index is 1310. The zero-order valence-electron chi connectivity index (χ0n) is 18.3. The van der Waals surface area contributed by atoms with E-state index in [-0.39, 0.29) is 11.6 Å². The predicted molar refractivity (Wildman–Crippen MR) is 126 cm³/mol. The van der Waals surface area contributed by atoms with Gasteiger partial charge in [-0.25, -0.2) is 4.79 Å². The third-order valence-corrected chi connectivity index (χ3v) is 5.10. The van der Waals surface area contributed by atoms with Gasteiger partial charge in [-0.15, -0.1) is 0 Å². The highest BCUT2D eigenvalue weighted by Gasteiger charge is 2.29. The third-order valence-electron chi connectivity index (χ3n) is 5.10. The third kappa shape index (κ3) is 4.68. The van der Waals surface area contributed by atoms with Gasteiger partial charge in [0.1, 0.15) is 11.5 Å². The van der Waals surface area contributed by atoms with Crippen LogP contribution in [0.5, 0.6) is 11.5 Å². The van der Waals surface area contributed by atoms with Crippen LogP contribution in [0.1, 0.15) is 22.8 Å². The molecule has 0 bridgehead atoms. The van der Waals surface area contributed by atoms with E-state index in [0.29, 0.717) is 39.6 Å². The minimum Gasteiger partial charge on any atom is -0.497 e. The number of esters is 1. The number of nitro benzene ring substituents is 1. The van der Waals surface area contributed by atoms with Crippen molar-refractivity contribution in [3.05, 3.63) is 99.6 Å². The van der Waals surface area contributed by atoms with Gasteiger partial charge in [0.05, 0.1) is 34.6 Å². The first-order valence-electron chi connectivity index (χ1n) is 10.2. The Morgan fingerprint density at radius 1 is 0.971 bits per heavy atom. The molecule has 1 aliphatic heterocycles. The monoisotopic (exact) mass is 457 g/mol. The first kappa shape index (κ1) is 22.4. The number of amides is 1. The van der Waals surface area contributed by atoms with E-state index in [0.717, 1.165) is 0 Å². The van der Waals surface area contributed by atoms with Crippen molar-refractivity contribution >= 4 is 35.0 Å². The van der Waals surface area contributed by atoms with Gasteiger partial charge >= 0.3 is 5.97 Å². The van der Waals surface area contributed by atoms with Gasteiger partial charge in [-0.2, -0.15) is 10.1 Å². The van der Waals surface area contributed by atoms with Gasteiger partial charge in [-0.1, -0.05) is 12.1 Å². The molecule has 0 spiro atoms. The van der Waals surface area contributed by atoms with Gasteiger partial charge in [0.25, 0.3) is 11.6 Å². The number of carbonyl (C=O) groups excluding carboxylic acids is 2. The molecule has 0 aliphatic carbocycles. The first-order chi connectivity index (χ1) is 16.4. The molecule has 4 rings (SSSR count). The molecule has 0 fully saturated rings. The lowest BCUT2D eigenvalue weighted by Gasteiger charge is -2.11. The number of ether oxygens (including phenoxy) is 2. The average molecular weight is 457 g/mol. The molecule has 1 amide bonds. The number of methoxy groups -OCH3 is 1. The van der Waals surface area contributed by atoms with Gasteiger partial charge < -0.3 is 9.47 Å². The molecular formula is C25H19N3O6. The van der Waals surface area contributed by atoms with E-state index in [1.807, 2.05) is 0 Å². The number of hydrogen-bond acceptors (Lipinski definition) is 7. The van der Waals surface area contributed by atoms with Crippen LogP contribution in [-0.4, -0.2) is 29.6 Å². The molecule has 1 aliphatic rings. The van der Waals surface area contributed by atoms with E-state index in [2.05, 4.69) is 5.10 Å². The molecule has 34 heavy (non-hydrogen) atoms. The second kappa shape index (κ2) is 9.37. The number of rotatable bonds is 6. The van der Waals surface area contributed by atoms with E-state index in [4.69, 9.17) is 9.47 Å². The molecular weight excluding hydrogens is 438 g/mol. The summed E-state index contributed by atoms with van der Waals surface area (Å²) in [5, 5.41) is 16.3. The van der Waals surface area contributed by atoms with Crippen LogP contribution in [0.25, 0.3) is 6.08 Å². The van der Waals surface area contributed by atoms with Crippen molar-refractivity contribution in [1.29, 1.82) is 0 Å². The number of carbonyl (C=O) groups is 2. The number of anilines is 1. The maximum atomic E-state index is 12.9. The fourth-order valence-corrected chi connectivity index (χ4v) is 3.27. The minimum absolute atomic E-state index is 0.0698. The van der Waals surface area contributed by atoms with Gasteiger partial charge in [-0.3, -0.25) is 14.9 Å². The second-order valence-electron chi connectivity index (χ2n) is 7.32. The fourth-order valence-electron chi connectivity index (χ4n) is 3.27. The van der Waals surface area contributed by atoms with Crippen molar-refractivity contribution in [3.8, 4) is 11.5 Å². The Kier molecular flexibility index (Phi) is 6.18. The maximum absolute atomic E-state index is 12.9. The highest BCUT2D eigenvalue weighted by molar-refractivity contribution is 6.32. The fraction of sp³-hybridized carbons (Fsp3) is 0.0800. The molecule has 1 heterocycles. The standard InChI is InChI=1S/C25H19N3O6/c1-16-23(24(29)27(26-16)19-7-9-20(10-8-19)28(31)32)15-17-3-11-22(12-4-17)34-25(30)18-5-13-21(33-2)14-6-18/h3-15H,1-2H3/b23-15+. The van der Waals surface area contributed by atoms with Crippen LogP contribution in [0.15, 0.2) is 83.5 Å². The van der Waals surface area contributed by atoms with Crippen molar-refractivity contribution in [2.24, 2.45) is 5.10 Å². The molecule has 0 unspecified atom stereocenters. The lowest BCUT2D eigenvalue weighted by Crippen LogP contribution is -2.21. The van der Waals surface area contributed by atoms with E-state index >= 15 is 0 Å². The lowest BCUT2D eigenvalue weighted by molar-refractivity contribution is -0.384. The summed E-state index contributed by atoms with van der Waals surface area (Å²) in [5.41, 5.74) is 2.37. The highest BCUT2D eigenvalue weighted by atomic mass is 16.6. The SMILES string of the molecule is COc1ccc(C(=O)Oc2ccc(/C=C3/C(=O)N(c4ccc([N+](=O)[O-])cc4)N=C3C)cc2)cc1. The van der Waals surface area contributed by atoms with Gasteiger partial charge in [-0.05, 0) is 67.1 Å². The quantitative estimate of drug-likeness (QED) is 0.175. The number of nitrogens with zero attached hydrogens (tertiary/aromatic N) is 3. The van der Waals surface area contributed by atoms with E-state index in [1.165, 1.54) is 29.3 Å². The highest BCUT2D eigenvalue weighted by Crippen LogP contribution is 2.27. The summed E-state index contributed by atoms with van der Waals surface area (Å²) in [7, 11) is 1.55.